The first-order valence-electron chi connectivity index (χ1n) is 6.74. The molecular weight excluding hydrogens is 265 g/mol. The number of aliphatic hydroxyl groups is 1. The SMILES string of the molecule is CC(C)(C)OC(=O)N1[C@@H](CCC=C(O)F)COC1(C)C. The first-order valence-corrected chi connectivity index (χ1v) is 6.74. The lowest BCUT2D eigenvalue weighted by Crippen LogP contribution is -2.49. The molecule has 1 rings (SSSR count). The Bertz CT molecular complexity index is 383. The monoisotopic (exact) mass is 289 g/mol. The van der Waals surface area contributed by atoms with Crippen LogP contribution < -0.4 is 0 Å². The Kier molecular flexibility index (Phi) is 5.02. The van der Waals surface area contributed by atoms with Gasteiger partial charge in [0.15, 0.2) is 0 Å². The van der Waals surface area contributed by atoms with Crippen LogP contribution in [0.15, 0.2) is 12.1 Å². The molecule has 0 radical (unpaired) electrons. The third-order valence-corrected chi connectivity index (χ3v) is 2.98. The number of aliphatic hydroxyl groups excluding tert-OH is 1. The lowest BCUT2D eigenvalue weighted by Gasteiger charge is -2.35. The number of carbonyl (C=O) groups is 1. The molecule has 1 aliphatic heterocycles. The van der Waals surface area contributed by atoms with Gasteiger partial charge in [-0.15, -0.1) is 0 Å². The Balaban J connectivity index is 2.75. The van der Waals surface area contributed by atoms with Crippen LogP contribution >= 0.6 is 0 Å². The van der Waals surface area contributed by atoms with Crippen molar-refractivity contribution in [2.45, 2.75) is 64.8 Å². The molecule has 0 aromatic heterocycles. The predicted octanol–water partition coefficient (Wildman–Crippen LogP) is 3.51. The van der Waals surface area contributed by atoms with Crippen molar-refractivity contribution in [1.29, 1.82) is 0 Å². The minimum atomic E-state index is -1.20. The molecule has 1 saturated heterocycles. The number of halogens is 1. The molecule has 116 valence electrons. The predicted molar refractivity (Wildman–Crippen MR) is 72.9 cm³/mol. The van der Waals surface area contributed by atoms with Crippen LogP contribution in [0.2, 0.25) is 0 Å². The van der Waals surface area contributed by atoms with Gasteiger partial charge >= 0.3 is 6.09 Å². The molecule has 1 heterocycles. The van der Waals surface area contributed by atoms with Crippen molar-refractivity contribution < 1.29 is 23.8 Å². The quantitative estimate of drug-likeness (QED) is 0.808. The molecular formula is C14H24FNO4. The Morgan fingerprint density at radius 1 is 1.55 bits per heavy atom. The van der Waals surface area contributed by atoms with Crippen LogP contribution in [0.3, 0.4) is 0 Å². The molecule has 0 aromatic rings. The molecule has 0 aromatic carbocycles. The minimum Gasteiger partial charge on any atom is -0.487 e. The number of nitrogens with zero attached hydrogens (tertiary/aromatic N) is 1. The van der Waals surface area contributed by atoms with Gasteiger partial charge < -0.3 is 14.6 Å². The van der Waals surface area contributed by atoms with E-state index in [0.29, 0.717) is 19.4 Å². The second kappa shape index (κ2) is 5.99. The average Bonchev–Trinajstić information content (AvgIpc) is 2.50. The van der Waals surface area contributed by atoms with E-state index in [4.69, 9.17) is 14.6 Å². The first kappa shape index (κ1) is 16.8. The van der Waals surface area contributed by atoms with Crippen LogP contribution in [0.25, 0.3) is 0 Å². The summed E-state index contributed by atoms with van der Waals surface area (Å²) in [5, 5.41) is 8.51. The Morgan fingerprint density at radius 3 is 2.65 bits per heavy atom. The summed E-state index contributed by atoms with van der Waals surface area (Å²) in [5.74, 6) is 0. The fourth-order valence-electron chi connectivity index (χ4n) is 2.17. The molecule has 1 atom stereocenters. The molecule has 1 N–H and O–H groups in total. The van der Waals surface area contributed by atoms with E-state index in [-0.39, 0.29) is 6.04 Å². The van der Waals surface area contributed by atoms with Crippen molar-refractivity contribution in [3.8, 4) is 0 Å². The zero-order valence-corrected chi connectivity index (χ0v) is 12.8. The molecule has 1 fully saturated rings. The highest BCUT2D eigenvalue weighted by Crippen LogP contribution is 2.31. The van der Waals surface area contributed by atoms with Gasteiger partial charge in [-0.05, 0) is 53.5 Å². The van der Waals surface area contributed by atoms with E-state index in [1.165, 1.54) is 0 Å². The average molecular weight is 289 g/mol. The van der Waals surface area contributed by atoms with Gasteiger partial charge in [-0.2, -0.15) is 4.39 Å². The Hall–Kier alpha value is -1.30. The largest absolute Gasteiger partial charge is 0.487 e. The number of amides is 1. The van der Waals surface area contributed by atoms with Gasteiger partial charge in [0, 0.05) is 0 Å². The van der Waals surface area contributed by atoms with Crippen molar-refractivity contribution in [1.82, 2.24) is 4.90 Å². The summed E-state index contributed by atoms with van der Waals surface area (Å²) in [4.78, 5) is 13.8. The minimum absolute atomic E-state index is 0.199. The normalized spacial score (nSPS) is 23.0. The second-order valence-electron chi connectivity index (χ2n) is 6.37. The van der Waals surface area contributed by atoms with Gasteiger partial charge in [0.25, 0.3) is 6.01 Å². The summed E-state index contributed by atoms with van der Waals surface area (Å²) < 4.78 is 23.3. The van der Waals surface area contributed by atoms with Crippen LogP contribution in [0.4, 0.5) is 9.18 Å². The summed E-state index contributed by atoms with van der Waals surface area (Å²) in [7, 11) is 0. The summed E-state index contributed by atoms with van der Waals surface area (Å²) in [6, 6.07) is -1.40. The summed E-state index contributed by atoms with van der Waals surface area (Å²) in [5.41, 5.74) is -1.34. The van der Waals surface area contributed by atoms with E-state index >= 15 is 0 Å². The number of carbonyl (C=O) groups excluding carboxylic acids is 1. The van der Waals surface area contributed by atoms with Crippen LogP contribution in [0.5, 0.6) is 0 Å². The smallest absolute Gasteiger partial charge is 0.412 e. The fraction of sp³-hybridized carbons (Fsp3) is 0.786. The number of hydrogen-bond donors (Lipinski definition) is 1. The molecule has 0 spiro atoms. The van der Waals surface area contributed by atoms with Crippen molar-refractivity contribution >= 4 is 6.09 Å². The van der Waals surface area contributed by atoms with E-state index in [2.05, 4.69) is 0 Å². The van der Waals surface area contributed by atoms with Crippen molar-refractivity contribution in [3.63, 3.8) is 0 Å². The zero-order chi connectivity index (χ0) is 15.6. The maximum Gasteiger partial charge on any atom is 0.412 e. The van der Waals surface area contributed by atoms with Crippen LogP contribution in [-0.4, -0.2) is 40.1 Å². The highest BCUT2D eigenvalue weighted by molar-refractivity contribution is 5.69. The third kappa shape index (κ3) is 4.67. The number of rotatable bonds is 3. The zero-order valence-electron chi connectivity index (χ0n) is 12.8. The van der Waals surface area contributed by atoms with E-state index < -0.39 is 23.4 Å². The molecule has 0 bridgehead atoms. The molecule has 1 amide bonds. The van der Waals surface area contributed by atoms with E-state index in [0.717, 1.165) is 6.08 Å². The molecule has 0 saturated carbocycles. The van der Waals surface area contributed by atoms with Crippen molar-refractivity contribution in [2.75, 3.05) is 6.61 Å². The molecule has 0 unspecified atom stereocenters. The molecule has 0 aliphatic carbocycles. The van der Waals surface area contributed by atoms with Crippen molar-refractivity contribution in [2.24, 2.45) is 0 Å². The van der Waals surface area contributed by atoms with Gasteiger partial charge in [0.05, 0.1) is 12.6 Å². The summed E-state index contributed by atoms with van der Waals surface area (Å²) >= 11 is 0. The van der Waals surface area contributed by atoms with Crippen molar-refractivity contribution in [3.05, 3.63) is 12.1 Å². The number of hydrogen-bond acceptors (Lipinski definition) is 4. The number of allylic oxidation sites excluding steroid dienone is 1. The molecule has 1 aliphatic rings. The van der Waals surface area contributed by atoms with Gasteiger partial charge in [-0.3, -0.25) is 4.90 Å². The van der Waals surface area contributed by atoms with Gasteiger partial charge in [0.1, 0.15) is 11.3 Å². The topological polar surface area (TPSA) is 59.0 Å². The van der Waals surface area contributed by atoms with Crippen LogP contribution in [0.1, 0.15) is 47.5 Å². The van der Waals surface area contributed by atoms with E-state index in [1.54, 1.807) is 39.5 Å². The van der Waals surface area contributed by atoms with Crippen LogP contribution in [0, 0.1) is 0 Å². The molecule has 20 heavy (non-hydrogen) atoms. The first-order chi connectivity index (χ1) is 9.03. The van der Waals surface area contributed by atoms with Crippen LogP contribution in [-0.2, 0) is 9.47 Å². The second-order valence-corrected chi connectivity index (χ2v) is 6.37. The maximum absolute atomic E-state index is 12.3. The molecule has 5 nitrogen and oxygen atoms in total. The maximum atomic E-state index is 12.3. The highest BCUT2D eigenvalue weighted by Gasteiger charge is 2.45. The summed E-state index contributed by atoms with van der Waals surface area (Å²) in [6.07, 6.45) is 1.46. The standard InChI is InChI=1S/C14H24FNO4/c1-13(2,3)20-12(18)16-10(7-6-8-11(15)17)9-19-14(16,4)5/h8,10,17H,6-7,9H2,1-5H3/t10-/m0/s1. The number of ether oxygens (including phenoxy) is 2. The third-order valence-electron chi connectivity index (χ3n) is 2.98. The van der Waals surface area contributed by atoms with E-state index in [9.17, 15) is 9.18 Å². The summed E-state index contributed by atoms with van der Waals surface area (Å²) in [6.45, 7) is 9.35. The van der Waals surface area contributed by atoms with E-state index in [1.807, 2.05) is 0 Å². The lowest BCUT2D eigenvalue weighted by atomic mass is 10.1. The highest BCUT2D eigenvalue weighted by atomic mass is 19.1. The van der Waals surface area contributed by atoms with Gasteiger partial charge in [0.2, 0.25) is 0 Å². The Morgan fingerprint density at radius 2 is 2.15 bits per heavy atom. The molecule has 6 heteroatoms. The Labute approximate surface area is 119 Å². The lowest BCUT2D eigenvalue weighted by molar-refractivity contribution is -0.0626. The van der Waals surface area contributed by atoms with Gasteiger partial charge in [-0.1, -0.05) is 0 Å². The fourth-order valence-corrected chi connectivity index (χ4v) is 2.17. The van der Waals surface area contributed by atoms with Gasteiger partial charge in [-0.25, -0.2) is 4.79 Å².